The number of nitrogens with one attached hydrogen (secondary N) is 2. The largest absolute Gasteiger partial charge is 0.493 e. The smallest absolute Gasteiger partial charge is 0.257 e. The fourth-order valence-electron chi connectivity index (χ4n) is 2.28. The molecule has 0 saturated heterocycles. The van der Waals surface area contributed by atoms with E-state index >= 15 is 0 Å². The van der Waals surface area contributed by atoms with Crippen LogP contribution in [-0.2, 0) is 16.0 Å². The molecule has 0 aromatic heterocycles. The van der Waals surface area contributed by atoms with Crippen LogP contribution in [0.25, 0.3) is 0 Å². The Morgan fingerprint density at radius 1 is 1.11 bits per heavy atom. The van der Waals surface area contributed by atoms with E-state index in [2.05, 4.69) is 15.8 Å². The standard InChI is InChI=1S/C20H22FN3O4/c1-3-22-20(26)13-28-17-9-6-15(10-18(17)27-2)12-23-24-19(25)11-14-4-7-16(21)8-5-14/h4-10,12H,3,11,13H2,1-2H3,(H,22,26)(H,24,25)/b23-12-. The first-order valence-electron chi connectivity index (χ1n) is 8.65. The topological polar surface area (TPSA) is 89.0 Å². The van der Waals surface area contributed by atoms with Gasteiger partial charge in [0.25, 0.3) is 5.91 Å². The van der Waals surface area contributed by atoms with Crippen molar-refractivity contribution in [2.24, 2.45) is 5.10 Å². The fourth-order valence-corrected chi connectivity index (χ4v) is 2.28. The van der Waals surface area contributed by atoms with Gasteiger partial charge in [0.1, 0.15) is 5.82 Å². The van der Waals surface area contributed by atoms with E-state index in [-0.39, 0.29) is 30.7 Å². The molecule has 0 heterocycles. The van der Waals surface area contributed by atoms with E-state index in [4.69, 9.17) is 9.47 Å². The quantitative estimate of drug-likeness (QED) is 0.509. The van der Waals surface area contributed by atoms with E-state index in [1.807, 2.05) is 6.92 Å². The summed E-state index contributed by atoms with van der Waals surface area (Å²) in [5, 5.41) is 6.54. The van der Waals surface area contributed by atoms with Gasteiger partial charge in [-0.05, 0) is 48.4 Å². The van der Waals surface area contributed by atoms with Crippen molar-refractivity contribution < 1.29 is 23.5 Å². The Morgan fingerprint density at radius 2 is 1.86 bits per heavy atom. The Hall–Kier alpha value is -3.42. The van der Waals surface area contributed by atoms with E-state index in [9.17, 15) is 14.0 Å². The van der Waals surface area contributed by atoms with Crippen LogP contribution in [-0.4, -0.2) is 38.3 Å². The number of likely N-dealkylation sites (N-methyl/N-ethyl adjacent to an activating group) is 1. The van der Waals surface area contributed by atoms with Crippen molar-refractivity contribution in [3.8, 4) is 11.5 Å². The Morgan fingerprint density at radius 3 is 2.54 bits per heavy atom. The van der Waals surface area contributed by atoms with Crippen LogP contribution in [0.15, 0.2) is 47.6 Å². The highest BCUT2D eigenvalue weighted by molar-refractivity contribution is 5.84. The van der Waals surface area contributed by atoms with Crippen LogP contribution in [0, 0.1) is 5.82 Å². The number of benzene rings is 2. The van der Waals surface area contributed by atoms with Crippen LogP contribution < -0.4 is 20.2 Å². The predicted octanol–water partition coefficient (Wildman–Crippen LogP) is 2.04. The molecule has 7 nitrogen and oxygen atoms in total. The van der Waals surface area contributed by atoms with Crippen LogP contribution >= 0.6 is 0 Å². The first-order valence-corrected chi connectivity index (χ1v) is 8.65. The summed E-state index contributed by atoms with van der Waals surface area (Å²) in [5.41, 5.74) is 3.77. The lowest BCUT2D eigenvalue weighted by atomic mass is 10.1. The van der Waals surface area contributed by atoms with Crippen molar-refractivity contribution in [1.82, 2.24) is 10.7 Å². The van der Waals surface area contributed by atoms with Gasteiger partial charge in [0, 0.05) is 6.54 Å². The summed E-state index contributed by atoms with van der Waals surface area (Å²) in [5.74, 6) is -0.0394. The second-order valence-electron chi connectivity index (χ2n) is 5.75. The Kier molecular flexibility index (Phi) is 7.95. The summed E-state index contributed by atoms with van der Waals surface area (Å²) in [6.45, 7) is 2.24. The number of amides is 2. The SMILES string of the molecule is CCNC(=O)COc1ccc(/C=N\NC(=O)Cc2ccc(F)cc2)cc1OC. The average molecular weight is 387 g/mol. The molecule has 0 fully saturated rings. The minimum atomic E-state index is -0.352. The van der Waals surface area contributed by atoms with Gasteiger partial charge in [0.15, 0.2) is 18.1 Å². The highest BCUT2D eigenvalue weighted by Crippen LogP contribution is 2.27. The summed E-state index contributed by atoms with van der Waals surface area (Å²) in [7, 11) is 1.49. The van der Waals surface area contributed by atoms with Gasteiger partial charge in [0.05, 0.1) is 19.7 Å². The third-order valence-corrected chi connectivity index (χ3v) is 3.60. The molecule has 0 aliphatic rings. The number of halogens is 1. The van der Waals surface area contributed by atoms with Crippen molar-refractivity contribution in [2.45, 2.75) is 13.3 Å². The first-order chi connectivity index (χ1) is 13.5. The number of hydrogen-bond acceptors (Lipinski definition) is 5. The minimum absolute atomic E-state index is 0.0908. The van der Waals surface area contributed by atoms with Crippen LogP contribution in [0.2, 0.25) is 0 Å². The lowest BCUT2D eigenvalue weighted by Crippen LogP contribution is -2.28. The molecule has 8 heteroatoms. The highest BCUT2D eigenvalue weighted by atomic mass is 19.1. The number of methoxy groups -OCH3 is 1. The molecule has 28 heavy (non-hydrogen) atoms. The van der Waals surface area contributed by atoms with E-state index in [0.29, 0.717) is 29.2 Å². The van der Waals surface area contributed by atoms with Crippen molar-refractivity contribution in [1.29, 1.82) is 0 Å². The molecule has 0 radical (unpaired) electrons. The average Bonchev–Trinajstić information content (AvgIpc) is 2.68. The normalized spacial score (nSPS) is 10.5. The summed E-state index contributed by atoms with van der Waals surface area (Å²) < 4.78 is 23.6. The molecule has 0 aliphatic carbocycles. The van der Waals surface area contributed by atoms with Gasteiger partial charge in [-0.15, -0.1) is 0 Å². The highest BCUT2D eigenvalue weighted by Gasteiger charge is 2.08. The zero-order valence-electron chi connectivity index (χ0n) is 15.7. The maximum atomic E-state index is 12.9. The second kappa shape index (κ2) is 10.7. The number of hydrogen-bond donors (Lipinski definition) is 2. The van der Waals surface area contributed by atoms with Gasteiger partial charge in [-0.2, -0.15) is 5.10 Å². The Labute approximate surface area is 162 Å². The Balaban J connectivity index is 1.91. The molecule has 2 N–H and O–H groups in total. The number of ether oxygens (including phenoxy) is 2. The van der Waals surface area contributed by atoms with Gasteiger partial charge in [0.2, 0.25) is 5.91 Å². The number of carbonyl (C=O) groups is 2. The molecule has 2 aromatic rings. The van der Waals surface area contributed by atoms with Crippen LogP contribution in [0.4, 0.5) is 4.39 Å². The van der Waals surface area contributed by atoms with Gasteiger partial charge in [-0.25, -0.2) is 9.82 Å². The third kappa shape index (κ3) is 6.71. The van der Waals surface area contributed by atoms with E-state index < -0.39 is 0 Å². The maximum Gasteiger partial charge on any atom is 0.257 e. The van der Waals surface area contributed by atoms with Gasteiger partial charge >= 0.3 is 0 Å². The summed E-state index contributed by atoms with van der Waals surface area (Å²) in [6.07, 6.45) is 1.55. The predicted molar refractivity (Wildman–Crippen MR) is 103 cm³/mol. The van der Waals surface area contributed by atoms with Gasteiger partial charge in [-0.1, -0.05) is 12.1 Å². The number of nitrogens with zero attached hydrogens (tertiary/aromatic N) is 1. The van der Waals surface area contributed by atoms with Crippen LogP contribution in [0.5, 0.6) is 11.5 Å². The molecule has 0 bridgehead atoms. The van der Waals surface area contributed by atoms with Crippen molar-refractivity contribution in [3.05, 3.63) is 59.4 Å². The van der Waals surface area contributed by atoms with E-state index in [1.54, 1.807) is 30.3 Å². The van der Waals surface area contributed by atoms with Gasteiger partial charge < -0.3 is 14.8 Å². The summed E-state index contributed by atoms with van der Waals surface area (Å²) >= 11 is 0. The van der Waals surface area contributed by atoms with E-state index in [0.717, 1.165) is 0 Å². The molecule has 0 spiro atoms. The second-order valence-corrected chi connectivity index (χ2v) is 5.75. The molecular formula is C20H22FN3O4. The maximum absolute atomic E-state index is 12.9. The third-order valence-electron chi connectivity index (χ3n) is 3.60. The van der Waals surface area contributed by atoms with Crippen molar-refractivity contribution in [2.75, 3.05) is 20.3 Å². The molecular weight excluding hydrogens is 365 g/mol. The molecule has 2 rings (SSSR count). The lowest BCUT2D eigenvalue weighted by Gasteiger charge is -2.11. The van der Waals surface area contributed by atoms with Crippen molar-refractivity contribution in [3.63, 3.8) is 0 Å². The lowest BCUT2D eigenvalue weighted by molar-refractivity contribution is -0.123. The van der Waals surface area contributed by atoms with Crippen molar-refractivity contribution >= 4 is 18.0 Å². The molecule has 2 amide bonds. The van der Waals surface area contributed by atoms with Crippen LogP contribution in [0.1, 0.15) is 18.1 Å². The number of carbonyl (C=O) groups excluding carboxylic acids is 2. The zero-order chi connectivity index (χ0) is 20.4. The molecule has 148 valence electrons. The fraction of sp³-hybridized carbons (Fsp3) is 0.250. The first kappa shape index (κ1) is 20.9. The Bertz CT molecular complexity index is 838. The number of rotatable bonds is 9. The van der Waals surface area contributed by atoms with Gasteiger partial charge in [-0.3, -0.25) is 9.59 Å². The van der Waals surface area contributed by atoms with E-state index in [1.165, 1.54) is 25.5 Å². The molecule has 0 unspecified atom stereocenters. The molecule has 0 atom stereocenters. The zero-order valence-corrected chi connectivity index (χ0v) is 15.7. The minimum Gasteiger partial charge on any atom is -0.493 e. The summed E-state index contributed by atoms with van der Waals surface area (Å²) in [4.78, 5) is 23.3. The molecule has 2 aromatic carbocycles. The number of hydrazone groups is 1. The molecule has 0 aliphatic heterocycles. The monoisotopic (exact) mass is 387 g/mol. The summed E-state index contributed by atoms with van der Waals surface area (Å²) in [6, 6.07) is 10.7. The van der Waals surface area contributed by atoms with Crippen LogP contribution in [0.3, 0.4) is 0 Å². The molecule has 0 saturated carbocycles.